The molecule has 2 aromatic rings. The van der Waals surface area contributed by atoms with Gasteiger partial charge in [-0.3, -0.25) is 4.79 Å². The third kappa shape index (κ3) is 4.35. The van der Waals surface area contributed by atoms with Crippen LogP contribution in [0.2, 0.25) is 0 Å². The maximum atomic E-state index is 13.9. The molecule has 1 aliphatic rings. The van der Waals surface area contributed by atoms with Crippen LogP contribution in [0.25, 0.3) is 0 Å². The zero-order valence-corrected chi connectivity index (χ0v) is 16.8. The van der Waals surface area contributed by atoms with Crippen LogP contribution in [0.5, 0.6) is 17.2 Å². The molecule has 1 saturated heterocycles. The fourth-order valence-corrected chi connectivity index (χ4v) is 3.63. The van der Waals surface area contributed by atoms with Gasteiger partial charge in [-0.1, -0.05) is 15.9 Å². The predicted octanol–water partition coefficient (Wildman–Crippen LogP) is 4.35. The SMILES string of the molecule is COc1ccc([C@@H]2CCCN2C(=O)COc2ccc(Br)cc2F)c(OC)c1. The molecule has 1 heterocycles. The van der Waals surface area contributed by atoms with Crippen LogP contribution in [0.4, 0.5) is 4.39 Å². The van der Waals surface area contributed by atoms with Gasteiger partial charge in [0.2, 0.25) is 0 Å². The zero-order valence-electron chi connectivity index (χ0n) is 15.2. The number of ether oxygens (including phenoxy) is 3. The molecule has 0 N–H and O–H groups in total. The second kappa shape index (κ2) is 8.61. The van der Waals surface area contributed by atoms with E-state index < -0.39 is 5.82 Å². The molecule has 0 saturated carbocycles. The molecule has 27 heavy (non-hydrogen) atoms. The number of amides is 1. The van der Waals surface area contributed by atoms with Gasteiger partial charge >= 0.3 is 0 Å². The van der Waals surface area contributed by atoms with Crippen LogP contribution in [0.1, 0.15) is 24.4 Å². The number of rotatable bonds is 6. The Labute approximate surface area is 166 Å². The number of carbonyl (C=O) groups excluding carboxylic acids is 1. The zero-order chi connectivity index (χ0) is 19.4. The molecule has 1 atom stereocenters. The molecule has 1 fully saturated rings. The lowest BCUT2D eigenvalue weighted by Crippen LogP contribution is -2.34. The van der Waals surface area contributed by atoms with Gasteiger partial charge in [0.1, 0.15) is 11.5 Å². The first-order valence-electron chi connectivity index (χ1n) is 8.62. The summed E-state index contributed by atoms with van der Waals surface area (Å²) in [6.07, 6.45) is 1.72. The molecule has 3 rings (SSSR count). The standard InChI is InChI=1S/C20H21BrFNO4/c1-25-14-6-7-15(19(11-14)26-2)17-4-3-9-23(17)20(24)12-27-18-8-5-13(21)10-16(18)22/h5-8,10-11,17H,3-4,9,12H2,1-2H3/t17-/m0/s1. The topological polar surface area (TPSA) is 48.0 Å². The fourth-order valence-electron chi connectivity index (χ4n) is 3.30. The lowest BCUT2D eigenvalue weighted by molar-refractivity contribution is -0.134. The quantitative estimate of drug-likeness (QED) is 0.673. The highest BCUT2D eigenvalue weighted by atomic mass is 79.9. The maximum absolute atomic E-state index is 13.9. The summed E-state index contributed by atoms with van der Waals surface area (Å²) in [6, 6.07) is 9.96. The van der Waals surface area contributed by atoms with E-state index in [9.17, 15) is 9.18 Å². The molecule has 0 bridgehead atoms. The molecule has 1 amide bonds. The number of hydrogen-bond acceptors (Lipinski definition) is 4. The number of nitrogens with zero attached hydrogens (tertiary/aromatic N) is 1. The molecular weight excluding hydrogens is 417 g/mol. The van der Waals surface area contributed by atoms with E-state index in [2.05, 4.69) is 15.9 Å². The van der Waals surface area contributed by atoms with Gasteiger partial charge in [0.15, 0.2) is 18.2 Å². The summed E-state index contributed by atoms with van der Waals surface area (Å²) in [6.45, 7) is 0.415. The summed E-state index contributed by atoms with van der Waals surface area (Å²) in [7, 11) is 3.19. The summed E-state index contributed by atoms with van der Waals surface area (Å²) in [5.41, 5.74) is 0.930. The first-order valence-corrected chi connectivity index (χ1v) is 9.42. The number of halogens is 2. The van der Waals surface area contributed by atoms with Crippen molar-refractivity contribution in [3.63, 3.8) is 0 Å². The van der Waals surface area contributed by atoms with Crippen molar-refractivity contribution >= 4 is 21.8 Å². The first-order chi connectivity index (χ1) is 13.0. The van der Waals surface area contributed by atoms with Gasteiger partial charge in [-0.25, -0.2) is 4.39 Å². The molecule has 0 unspecified atom stereocenters. The Hall–Kier alpha value is -2.28. The predicted molar refractivity (Wildman–Crippen MR) is 103 cm³/mol. The highest BCUT2D eigenvalue weighted by Crippen LogP contribution is 2.38. The van der Waals surface area contributed by atoms with Crippen molar-refractivity contribution in [3.05, 3.63) is 52.3 Å². The van der Waals surface area contributed by atoms with Crippen LogP contribution in [-0.4, -0.2) is 38.2 Å². The van der Waals surface area contributed by atoms with Gasteiger partial charge in [0.05, 0.1) is 20.3 Å². The van der Waals surface area contributed by atoms with Gasteiger partial charge in [0, 0.05) is 22.6 Å². The third-order valence-electron chi connectivity index (χ3n) is 4.62. The Bertz CT molecular complexity index is 830. The van der Waals surface area contributed by atoms with Crippen LogP contribution in [0, 0.1) is 5.82 Å². The highest BCUT2D eigenvalue weighted by molar-refractivity contribution is 9.10. The number of likely N-dealkylation sites (tertiary alicyclic amines) is 1. The maximum Gasteiger partial charge on any atom is 0.261 e. The van der Waals surface area contributed by atoms with E-state index >= 15 is 0 Å². The fraction of sp³-hybridized carbons (Fsp3) is 0.350. The van der Waals surface area contributed by atoms with E-state index in [0.717, 1.165) is 18.4 Å². The van der Waals surface area contributed by atoms with Crippen molar-refractivity contribution in [2.45, 2.75) is 18.9 Å². The van der Waals surface area contributed by atoms with Crippen LogP contribution >= 0.6 is 15.9 Å². The summed E-state index contributed by atoms with van der Waals surface area (Å²) in [4.78, 5) is 14.5. The van der Waals surface area contributed by atoms with E-state index in [0.29, 0.717) is 22.5 Å². The second-order valence-electron chi connectivity index (χ2n) is 6.22. The monoisotopic (exact) mass is 437 g/mol. The molecule has 5 nitrogen and oxygen atoms in total. The van der Waals surface area contributed by atoms with Crippen molar-refractivity contribution in [1.29, 1.82) is 0 Å². The van der Waals surface area contributed by atoms with Crippen LogP contribution in [0.3, 0.4) is 0 Å². The first kappa shape index (κ1) is 19.5. The van der Waals surface area contributed by atoms with E-state index in [1.807, 2.05) is 18.2 Å². The molecule has 144 valence electrons. The van der Waals surface area contributed by atoms with Crippen molar-refractivity contribution in [3.8, 4) is 17.2 Å². The molecular formula is C20H21BrFNO4. The Morgan fingerprint density at radius 3 is 2.70 bits per heavy atom. The average Bonchev–Trinajstić information content (AvgIpc) is 3.16. The molecule has 2 aromatic carbocycles. The van der Waals surface area contributed by atoms with E-state index in [4.69, 9.17) is 14.2 Å². The number of hydrogen-bond donors (Lipinski definition) is 0. The average molecular weight is 438 g/mol. The smallest absolute Gasteiger partial charge is 0.261 e. The van der Waals surface area contributed by atoms with Gasteiger partial charge in [0.25, 0.3) is 5.91 Å². The van der Waals surface area contributed by atoms with E-state index in [1.165, 1.54) is 12.1 Å². The minimum Gasteiger partial charge on any atom is -0.497 e. The van der Waals surface area contributed by atoms with Gasteiger partial charge in [-0.15, -0.1) is 0 Å². The van der Waals surface area contributed by atoms with Gasteiger partial charge in [-0.2, -0.15) is 0 Å². The molecule has 0 aliphatic carbocycles. The summed E-state index contributed by atoms with van der Waals surface area (Å²) >= 11 is 3.20. The molecule has 1 aliphatic heterocycles. The van der Waals surface area contributed by atoms with E-state index in [1.54, 1.807) is 25.2 Å². The minimum absolute atomic E-state index is 0.0596. The van der Waals surface area contributed by atoms with Gasteiger partial charge in [-0.05, 0) is 43.2 Å². The third-order valence-corrected chi connectivity index (χ3v) is 5.11. The minimum atomic E-state index is -0.507. The molecule has 0 radical (unpaired) electrons. The van der Waals surface area contributed by atoms with Crippen LogP contribution in [-0.2, 0) is 4.79 Å². The second-order valence-corrected chi connectivity index (χ2v) is 7.13. The largest absolute Gasteiger partial charge is 0.497 e. The van der Waals surface area contributed by atoms with Gasteiger partial charge < -0.3 is 19.1 Å². The molecule has 0 spiro atoms. The molecule has 0 aromatic heterocycles. The Morgan fingerprint density at radius 1 is 1.19 bits per heavy atom. The lowest BCUT2D eigenvalue weighted by atomic mass is 10.0. The van der Waals surface area contributed by atoms with Crippen molar-refractivity contribution in [2.75, 3.05) is 27.4 Å². The highest BCUT2D eigenvalue weighted by Gasteiger charge is 2.32. The number of carbonyl (C=O) groups is 1. The van der Waals surface area contributed by atoms with Crippen molar-refractivity contribution in [2.24, 2.45) is 0 Å². The number of benzene rings is 2. The normalized spacial score (nSPS) is 16.3. The Morgan fingerprint density at radius 2 is 2.00 bits per heavy atom. The Balaban J connectivity index is 1.73. The van der Waals surface area contributed by atoms with Crippen LogP contribution < -0.4 is 14.2 Å². The Kier molecular flexibility index (Phi) is 6.21. The van der Waals surface area contributed by atoms with Crippen molar-refractivity contribution in [1.82, 2.24) is 4.90 Å². The van der Waals surface area contributed by atoms with E-state index in [-0.39, 0.29) is 24.3 Å². The lowest BCUT2D eigenvalue weighted by Gasteiger charge is -2.26. The summed E-state index contributed by atoms with van der Waals surface area (Å²) in [5.74, 6) is 0.744. The summed E-state index contributed by atoms with van der Waals surface area (Å²) < 4.78 is 30.6. The summed E-state index contributed by atoms with van der Waals surface area (Å²) in [5, 5.41) is 0. The van der Waals surface area contributed by atoms with Crippen molar-refractivity contribution < 1.29 is 23.4 Å². The molecule has 7 heteroatoms. The number of methoxy groups -OCH3 is 2. The van der Waals surface area contributed by atoms with Crippen LogP contribution in [0.15, 0.2) is 40.9 Å².